The van der Waals surface area contributed by atoms with Crippen LogP contribution in [0.2, 0.25) is 0 Å². The van der Waals surface area contributed by atoms with Crippen molar-refractivity contribution >= 4 is 5.82 Å². The molecule has 2 fully saturated rings. The van der Waals surface area contributed by atoms with Crippen molar-refractivity contribution in [1.82, 2.24) is 10.3 Å². The van der Waals surface area contributed by atoms with E-state index in [0.717, 1.165) is 12.4 Å². The first-order valence-corrected chi connectivity index (χ1v) is 6.17. The molecule has 3 rings (SSSR count). The molecule has 2 aliphatic rings. The Balaban J connectivity index is 1.77. The number of piperidine rings is 1. The molecule has 2 heterocycles. The van der Waals surface area contributed by atoms with E-state index in [4.69, 9.17) is 0 Å². The van der Waals surface area contributed by atoms with E-state index in [1.807, 2.05) is 12.3 Å². The van der Waals surface area contributed by atoms with E-state index in [1.54, 1.807) is 0 Å². The Hall–Kier alpha value is -1.09. The lowest BCUT2D eigenvalue weighted by Gasteiger charge is -2.39. The topological polar surface area (TPSA) is 28.2 Å². The van der Waals surface area contributed by atoms with Crippen LogP contribution in [0.5, 0.6) is 0 Å². The summed E-state index contributed by atoms with van der Waals surface area (Å²) in [5, 5.41) is 3.48. The van der Waals surface area contributed by atoms with Gasteiger partial charge in [-0.25, -0.2) is 4.98 Å². The molecule has 86 valence electrons. The van der Waals surface area contributed by atoms with Crippen molar-refractivity contribution in [1.29, 1.82) is 0 Å². The first kappa shape index (κ1) is 10.1. The summed E-state index contributed by atoms with van der Waals surface area (Å²) < 4.78 is 0. The summed E-state index contributed by atoms with van der Waals surface area (Å²) in [6.07, 6.45) is 5.88. The largest absolute Gasteiger partial charge is 0.356 e. The maximum atomic E-state index is 4.45. The molecule has 1 saturated carbocycles. The fraction of sp³-hybridized carbons (Fsp3) is 0.615. The summed E-state index contributed by atoms with van der Waals surface area (Å²) in [7, 11) is 2.10. The zero-order chi connectivity index (χ0) is 11.0. The highest BCUT2D eigenvalue weighted by molar-refractivity contribution is 5.40. The van der Waals surface area contributed by atoms with Crippen LogP contribution < -0.4 is 10.2 Å². The average Bonchev–Trinajstić information content (AvgIpc) is 3.10. The van der Waals surface area contributed by atoms with Crippen LogP contribution >= 0.6 is 0 Å². The molecule has 0 amide bonds. The molecule has 1 spiro atoms. The van der Waals surface area contributed by atoms with E-state index in [0.29, 0.717) is 11.5 Å². The van der Waals surface area contributed by atoms with Crippen molar-refractivity contribution in [2.75, 3.05) is 25.0 Å². The monoisotopic (exact) mass is 217 g/mol. The van der Waals surface area contributed by atoms with Crippen molar-refractivity contribution < 1.29 is 0 Å². The number of nitrogens with zero attached hydrogens (tertiary/aromatic N) is 2. The fourth-order valence-electron chi connectivity index (χ4n) is 3.01. The van der Waals surface area contributed by atoms with Gasteiger partial charge < -0.3 is 10.2 Å². The Morgan fingerprint density at radius 3 is 2.94 bits per heavy atom. The number of hydrogen-bond acceptors (Lipinski definition) is 3. The molecule has 1 atom stereocenters. The molecule has 3 heteroatoms. The predicted molar refractivity (Wildman–Crippen MR) is 65.6 cm³/mol. The molecular weight excluding hydrogens is 198 g/mol. The van der Waals surface area contributed by atoms with Gasteiger partial charge in [0.25, 0.3) is 0 Å². The molecule has 0 bridgehead atoms. The van der Waals surface area contributed by atoms with Crippen molar-refractivity contribution in [3.8, 4) is 0 Å². The van der Waals surface area contributed by atoms with Gasteiger partial charge in [0.15, 0.2) is 0 Å². The minimum atomic E-state index is 0.546. The van der Waals surface area contributed by atoms with Gasteiger partial charge >= 0.3 is 0 Å². The maximum Gasteiger partial charge on any atom is 0.128 e. The number of nitrogens with one attached hydrogen (secondary N) is 1. The molecule has 1 saturated heterocycles. The van der Waals surface area contributed by atoms with Crippen LogP contribution in [0.1, 0.15) is 19.3 Å². The van der Waals surface area contributed by atoms with Crippen LogP contribution in [0.3, 0.4) is 0 Å². The summed E-state index contributed by atoms with van der Waals surface area (Å²) >= 11 is 0. The normalized spacial score (nSPS) is 27.1. The summed E-state index contributed by atoms with van der Waals surface area (Å²) in [4.78, 5) is 6.90. The molecule has 3 nitrogen and oxygen atoms in total. The van der Waals surface area contributed by atoms with Crippen LogP contribution in [0.25, 0.3) is 0 Å². The number of anilines is 1. The summed E-state index contributed by atoms with van der Waals surface area (Å²) in [6.45, 7) is 2.31. The van der Waals surface area contributed by atoms with Gasteiger partial charge in [-0.2, -0.15) is 0 Å². The second kappa shape index (κ2) is 3.74. The van der Waals surface area contributed by atoms with Gasteiger partial charge in [0.2, 0.25) is 0 Å². The highest BCUT2D eigenvalue weighted by Gasteiger charge is 2.51. The standard InChI is InChI=1S/C13H19N3/c1-14-11-5-9-16(10-13(11)6-7-13)12-4-2-3-8-15-12/h2-4,8,11,14H,5-7,9-10H2,1H3. The van der Waals surface area contributed by atoms with Crippen LogP contribution in [0.4, 0.5) is 5.82 Å². The van der Waals surface area contributed by atoms with Gasteiger partial charge in [-0.3, -0.25) is 0 Å². The first-order valence-electron chi connectivity index (χ1n) is 6.17. The van der Waals surface area contributed by atoms with E-state index in [1.165, 1.54) is 25.8 Å². The van der Waals surface area contributed by atoms with Crippen LogP contribution in [0.15, 0.2) is 24.4 Å². The minimum Gasteiger partial charge on any atom is -0.356 e. The number of pyridine rings is 1. The van der Waals surface area contributed by atoms with Crippen molar-refractivity contribution in [2.24, 2.45) is 5.41 Å². The smallest absolute Gasteiger partial charge is 0.128 e. The highest BCUT2D eigenvalue weighted by Crippen LogP contribution is 2.52. The molecule has 1 aliphatic heterocycles. The summed E-state index contributed by atoms with van der Waals surface area (Å²) in [5.74, 6) is 1.14. The van der Waals surface area contributed by atoms with Gasteiger partial charge in [-0.1, -0.05) is 6.07 Å². The maximum absolute atomic E-state index is 4.45. The fourth-order valence-corrected chi connectivity index (χ4v) is 3.01. The van der Waals surface area contributed by atoms with Crippen molar-refractivity contribution in [3.63, 3.8) is 0 Å². The van der Waals surface area contributed by atoms with Gasteiger partial charge in [-0.05, 0) is 38.4 Å². The highest BCUT2D eigenvalue weighted by atomic mass is 15.2. The molecule has 1 N–H and O–H groups in total. The Labute approximate surface area is 96.9 Å². The van der Waals surface area contributed by atoms with E-state index in [-0.39, 0.29) is 0 Å². The second-order valence-corrected chi connectivity index (χ2v) is 5.10. The van der Waals surface area contributed by atoms with Gasteiger partial charge in [0, 0.05) is 30.7 Å². The zero-order valence-electron chi connectivity index (χ0n) is 9.82. The quantitative estimate of drug-likeness (QED) is 0.816. The number of hydrogen-bond donors (Lipinski definition) is 1. The molecule has 16 heavy (non-hydrogen) atoms. The van der Waals surface area contributed by atoms with Crippen molar-refractivity contribution in [3.05, 3.63) is 24.4 Å². The summed E-state index contributed by atoms with van der Waals surface area (Å²) in [6, 6.07) is 6.89. The van der Waals surface area contributed by atoms with Crippen molar-refractivity contribution in [2.45, 2.75) is 25.3 Å². The third-order valence-corrected chi connectivity index (χ3v) is 4.15. The Bertz CT molecular complexity index is 359. The Morgan fingerprint density at radius 2 is 2.31 bits per heavy atom. The summed E-state index contributed by atoms with van der Waals surface area (Å²) in [5.41, 5.74) is 0.546. The minimum absolute atomic E-state index is 0.546. The molecule has 0 radical (unpaired) electrons. The molecule has 0 aromatic carbocycles. The van der Waals surface area contributed by atoms with E-state index >= 15 is 0 Å². The Kier molecular flexibility index (Phi) is 2.36. The Morgan fingerprint density at radius 1 is 1.44 bits per heavy atom. The lowest BCUT2D eigenvalue weighted by atomic mass is 9.89. The SMILES string of the molecule is CNC1CCN(c2ccccn2)CC12CC2. The second-order valence-electron chi connectivity index (χ2n) is 5.10. The zero-order valence-corrected chi connectivity index (χ0v) is 9.82. The third-order valence-electron chi connectivity index (χ3n) is 4.15. The van der Waals surface area contributed by atoms with Gasteiger partial charge in [0.05, 0.1) is 0 Å². The lowest BCUT2D eigenvalue weighted by molar-refractivity contribution is 0.295. The first-order chi connectivity index (χ1) is 7.84. The molecule has 1 aromatic rings. The van der Waals surface area contributed by atoms with Crippen LogP contribution in [-0.2, 0) is 0 Å². The van der Waals surface area contributed by atoms with Crippen LogP contribution in [-0.4, -0.2) is 31.2 Å². The van der Waals surface area contributed by atoms with Gasteiger partial charge in [0.1, 0.15) is 5.82 Å². The number of rotatable bonds is 2. The number of aromatic nitrogens is 1. The van der Waals surface area contributed by atoms with E-state index in [9.17, 15) is 0 Å². The van der Waals surface area contributed by atoms with Gasteiger partial charge in [-0.15, -0.1) is 0 Å². The molecular formula is C13H19N3. The van der Waals surface area contributed by atoms with Crippen LogP contribution in [0, 0.1) is 5.41 Å². The average molecular weight is 217 g/mol. The molecule has 1 aliphatic carbocycles. The van der Waals surface area contributed by atoms with E-state index in [2.05, 4.69) is 34.4 Å². The van der Waals surface area contributed by atoms with E-state index < -0.39 is 0 Å². The predicted octanol–water partition coefficient (Wildman–Crippen LogP) is 1.66. The molecule has 1 unspecified atom stereocenters. The molecule has 1 aromatic heterocycles. The third kappa shape index (κ3) is 1.59. The lowest BCUT2D eigenvalue weighted by Crippen LogP contribution is -2.50.